The minimum absolute atomic E-state index is 0.167. The number of hydrogen-bond donors (Lipinski definition) is 2. The van der Waals surface area contributed by atoms with Crippen LogP contribution >= 0.6 is 0 Å². The first-order valence-electron chi connectivity index (χ1n) is 12.7. The number of hydrogen-bond acceptors (Lipinski definition) is 3. The van der Waals surface area contributed by atoms with Gasteiger partial charge in [-0.3, -0.25) is 0 Å². The Hall–Kier alpha value is -1.45. The summed E-state index contributed by atoms with van der Waals surface area (Å²) in [5.74, 6) is 1.21. The molecule has 2 atom stereocenters. The fourth-order valence-corrected chi connectivity index (χ4v) is 2.81. The Bertz CT molecular complexity index is 555. The molecule has 0 aromatic rings. The standard InChI is InChI=1S/C10H20O.2C10H18O/c3*1-9(2)5-4-6-10(3)7-8-11/h5,10-11H,4,6-8H2,1-3H3;5,8,10H,4,6-7H2,1-3H3;5,7,11H,4,6,8H2,1-3H3/b;;10-7+. The summed E-state index contributed by atoms with van der Waals surface area (Å²) in [5, 5.41) is 17.2. The molecule has 0 aliphatic carbocycles. The van der Waals surface area contributed by atoms with Gasteiger partial charge in [0.15, 0.2) is 0 Å². The largest absolute Gasteiger partial charge is 0.396 e. The Morgan fingerprint density at radius 1 is 0.667 bits per heavy atom. The Morgan fingerprint density at radius 3 is 1.52 bits per heavy atom. The van der Waals surface area contributed by atoms with Gasteiger partial charge in [-0.2, -0.15) is 0 Å². The topological polar surface area (TPSA) is 57.5 Å². The molecule has 0 aliphatic heterocycles. The molecule has 0 bridgehead atoms. The van der Waals surface area contributed by atoms with Crippen LogP contribution < -0.4 is 0 Å². The van der Waals surface area contributed by atoms with E-state index in [0.717, 1.165) is 44.8 Å². The second kappa shape index (κ2) is 26.8. The van der Waals surface area contributed by atoms with Gasteiger partial charge in [-0.15, -0.1) is 0 Å². The van der Waals surface area contributed by atoms with E-state index in [1.807, 2.05) is 6.08 Å². The van der Waals surface area contributed by atoms with E-state index in [0.29, 0.717) is 24.9 Å². The van der Waals surface area contributed by atoms with Crippen molar-refractivity contribution < 1.29 is 15.0 Å². The third-order valence-corrected chi connectivity index (χ3v) is 5.08. The molecule has 0 aromatic carbocycles. The third-order valence-electron chi connectivity index (χ3n) is 5.08. The number of aldehydes is 1. The van der Waals surface area contributed by atoms with E-state index in [1.54, 1.807) is 0 Å². The van der Waals surface area contributed by atoms with Crippen LogP contribution in [0.25, 0.3) is 0 Å². The smallest absolute Gasteiger partial charge is 0.120 e. The second-order valence-corrected chi connectivity index (χ2v) is 9.90. The molecule has 0 radical (unpaired) electrons. The summed E-state index contributed by atoms with van der Waals surface area (Å²) in [4.78, 5) is 10.1. The highest BCUT2D eigenvalue weighted by molar-refractivity contribution is 5.49. The summed E-state index contributed by atoms with van der Waals surface area (Å²) in [6.07, 6.45) is 18.0. The molecule has 0 fully saturated rings. The number of allylic oxidation sites excluding steroid dienone is 7. The molecule has 0 aromatic heterocycles. The highest BCUT2D eigenvalue weighted by Gasteiger charge is 1.99. The maximum atomic E-state index is 10.1. The van der Waals surface area contributed by atoms with E-state index < -0.39 is 0 Å². The first kappa shape index (κ1) is 36.1. The average molecular weight is 465 g/mol. The highest BCUT2D eigenvalue weighted by atomic mass is 16.3. The molecule has 0 rings (SSSR count). The van der Waals surface area contributed by atoms with Crippen LogP contribution in [0, 0.1) is 11.8 Å². The SMILES string of the molecule is CC(C)=CCC/C(C)=C/CO.CC(C)=CCCC(C)CC=O.CC(C)=CCCC(C)CCO. The lowest BCUT2D eigenvalue weighted by Crippen LogP contribution is -1.96. The summed E-state index contributed by atoms with van der Waals surface area (Å²) in [7, 11) is 0. The molecule has 3 heteroatoms. The van der Waals surface area contributed by atoms with Crippen molar-refractivity contribution >= 4 is 6.29 Å². The molecule has 33 heavy (non-hydrogen) atoms. The molecule has 0 spiro atoms. The zero-order chi connectivity index (χ0) is 26.1. The van der Waals surface area contributed by atoms with Gasteiger partial charge >= 0.3 is 0 Å². The quantitative estimate of drug-likeness (QED) is 0.200. The predicted molar refractivity (Wildman–Crippen MR) is 148 cm³/mol. The van der Waals surface area contributed by atoms with Crippen molar-refractivity contribution in [2.75, 3.05) is 13.2 Å². The van der Waals surface area contributed by atoms with E-state index in [9.17, 15) is 4.79 Å². The van der Waals surface area contributed by atoms with Gasteiger partial charge in [0.1, 0.15) is 6.29 Å². The van der Waals surface area contributed by atoms with Crippen LogP contribution in [0.3, 0.4) is 0 Å². The normalized spacial score (nSPS) is 12.2. The van der Waals surface area contributed by atoms with Gasteiger partial charge in [0.05, 0.1) is 6.61 Å². The van der Waals surface area contributed by atoms with Crippen LogP contribution in [0.1, 0.15) is 114 Å². The van der Waals surface area contributed by atoms with Crippen molar-refractivity contribution in [2.24, 2.45) is 11.8 Å². The van der Waals surface area contributed by atoms with Gasteiger partial charge < -0.3 is 15.0 Å². The molecule has 0 aliphatic rings. The average Bonchev–Trinajstić information content (AvgIpc) is 2.69. The van der Waals surface area contributed by atoms with Gasteiger partial charge in [-0.05, 0) is 105 Å². The Balaban J connectivity index is -0.000000409. The van der Waals surface area contributed by atoms with Gasteiger partial charge in [-0.1, -0.05) is 60.4 Å². The maximum Gasteiger partial charge on any atom is 0.120 e. The summed E-state index contributed by atoms with van der Waals surface area (Å²) in [5.41, 5.74) is 5.39. The highest BCUT2D eigenvalue weighted by Crippen LogP contribution is 2.11. The Kier molecular flexibility index (Phi) is 29.3. The van der Waals surface area contributed by atoms with Crippen LogP contribution in [-0.2, 0) is 4.79 Å². The third kappa shape index (κ3) is 38.1. The van der Waals surface area contributed by atoms with Crippen molar-refractivity contribution in [1.29, 1.82) is 0 Å². The van der Waals surface area contributed by atoms with Crippen LogP contribution in [0.5, 0.6) is 0 Å². The molecule has 0 heterocycles. The van der Waals surface area contributed by atoms with Crippen LogP contribution in [-0.4, -0.2) is 29.7 Å². The molecular formula is C30H56O3. The summed E-state index contributed by atoms with van der Waals surface area (Å²) in [6, 6.07) is 0. The van der Waals surface area contributed by atoms with Gasteiger partial charge in [0.25, 0.3) is 0 Å². The number of carbonyl (C=O) groups excluding carboxylic acids is 1. The van der Waals surface area contributed by atoms with Gasteiger partial charge in [0, 0.05) is 13.0 Å². The second-order valence-electron chi connectivity index (χ2n) is 9.90. The van der Waals surface area contributed by atoms with Crippen molar-refractivity contribution in [2.45, 2.75) is 114 Å². The summed E-state index contributed by atoms with van der Waals surface area (Å²) < 4.78 is 0. The monoisotopic (exact) mass is 464 g/mol. The number of aliphatic hydroxyl groups is 2. The van der Waals surface area contributed by atoms with E-state index in [1.165, 1.54) is 28.7 Å². The molecule has 2 N–H and O–H groups in total. The number of rotatable bonds is 14. The lowest BCUT2D eigenvalue weighted by Gasteiger charge is -2.06. The molecule has 3 nitrogen and oxygen atoms in total. The van der Waals surface area contributed by atoms with Crippen molar-refractivity contribution in [3.05, 3.63) is 46.6 Å². The Labute approximate surface area is 206 Å². The summed E-state index contributed by atoms with van der Waals surface area (Å²) in [6.45, 7) is 19.5. The van der Waals surface area contributed by atoms with Crippen molar-refractivity contribution in [3.63, 3.8) is 0 Å². The molecule has 194 valence electrons. The lowest BCUT2D eigenvalue weighted by atomic mass is 10.0. The molecule has 0 amide bonds. The first-order chi connectivity index (χ1) is 15.5. The molecular weight excluding hydrogens is 408 g/mol. The molecule has 0 saturated carbocycles. The van der Waals surface area contributed by atoms with E-state index in [2.05, 4.69) is 80.5 Å². The maximum absolute atomic E-state index is 10.1. The van der Waals surface area contributed by atoms with Crippen molar-refractivity contribution in [3.8, 4) is 0 Å². The number of aliphatic hydroxyl groups excluding tert-OH is 2. The molecule has 2 unspecified atom stereocenters. The predicted octanol–water partition coefficient (Wildman–Crippen LogP) is 8.38. The van der Waals surface area contributed by atoms with Crippen molar-refractivity contribution in [1.82, 2.24) is 0 Å². The fraction of sp³-hybridized carbons (Fsp3) is 0.700. The molecule has 0 saturated heterocycles. The summed E-state index contributed by atoms with van der Waals surface area (Å²) >= 11 is 0. The van der Waals surface area contributed by atoms with E-state index in [4.69, 9.17) is 10.2 Å². The van der Waals surface area contributed by atoms with E-state index in [-0.39, 0.29) is 6.61 Å². The Morgan fingerprint density at radius 2 is 1.12 bits per heavy atom. The van der Waals surface area contributed by atoms with Crippen LogP contribution in [0.2, 0.25) is 0 Å². The zero-order valence-electron chi connectivity index (χ0n) is 23.4. The van der Waals surface area contributed by atoms with Crippen LogP contribution in [0.15, 0.2) is 46.6 Å². The fourth-order valence-electron chi connectivity index (χ4n) is 2.81. The van der Waals surface area contributed by atoms with Gasteiger partial charge in [0.2, 0.25) is 0 Å². The number of carbonyl (C=O) groups is 1. The minimum atomic E-state index is 0.167. The van der Waals surface area contributed by atoms with Crippen LogP contribution in [0.4, 0.5) is 0 Å². The minimum Gasteiger partial charge on any atom is -0.396 e. The zero-order valence-corrected chi connectivity index (χ0v) is 23.4. The van der Waals surface area contributed by atoms with Gasteiger partial charge in [-0.25, -0.2) is 0 Å². The first-order valence-corrected chi connectivity index (χ1v) is 12.7. The lowest BCUT2D eigenvalue weighted by molar-refractivity contribution is -0.108. The van der Waals surface area contributed by atoms with E-state index >= 15 is 0 Å².